The molecule has 2 amide bonds. The number of rotatable bonds is 7. The van der Waals surface area contributed by atoms with E-state index < -0.39 is 12.0 Å². The van der Waals surface area contributed by atoms with E-state index in [-0.39, 0.29) is 18.4 Å². The topological polar surface area (TPSA) is 87.2 Å². The molecule has 1 N–H and O–H groups in total. The van der Waals surface area contributed by atoms with Crippen molar-refractivity contribution in [2.45, 2.75) is 32.2 Å². The Morgan fingerprint density at radius 2 is 2.12 bits per heavy atom. The third kappa shape index (κ3) is 4.46. The number of carbonyl (C=O) groups is 3. The number of amides is 2. The van der Waals surface area contributed by atoms with E-state index in [1.54, 1.807) is 12.1 Å². The smallest absolute Gasteiger partial charge is 0.323 e. The Hall–Kier alpha value is -2.28. The first kappa shape index (κ1) is 20.0. The second-order valence-electron chi connectivity index (χ2n) is 6.15. The third-order valence-corrected chi connectivity index (χ3v) is 4.56. The molecule has 1 aromatic carbocycles. The fourth-order valence-electron chi connectivity index (χ4n) is 3.18. The van der Waals surface area contributed by atoms with Gasteiger partial charge in [0.15, 0.2) is 0 Å². The van der Waals surface area contributed by atoms with E-state index in [1.165, 1.54) is 23.0 Å². The lowest BCUT2D eigenvalue weighted by Crippen LogP contribution is -2.49. The van der Waals surface area contributed by atoms with Crippen LogP contribution >= 0.6 is 11.6 Å². The molecule has 1 heterocycles. The Bertz CT molecular complexity index is 694. The quantitative estimate of drug-likeness (QED) is 0.781. The van der Waals surface area contributed by atoms with Crippen molar-refractivity contribution in [3.8, 4) is 5.75 Å². The molecule has 26 heavy (non-hydrogen) atoms. The summed E-state index contributed by atoms with van der Waals surface area (Å²) < 4.78 is 5.24. The molecule has 0 spiro atoms. The molecule has 0 radical (unpaired) electrons. The van der Waals surface area contributed by atoms with Gasteiger partial charge in [-0.25, -0.2) is 0 Å². The van der Waals surface area contributed by atoms with Crippen LogP contribution in [0.5, 0.6) is 5.75 Å². The molecule has 0 aromatic heterocycles. The van der Waals surface area contributed by atoms with E-state index >= 15 is 0 Å². The average molecular weight is 383 g/mol. The van der Waals surface area contributed by atoms with Gasteiger partial charge in [-0.15, -0.1) is 0 Å². The number of nitrogens with zero attached hydrogens (tertiary/aromatic N) is 2. The van der Waals surface area contributed by atoms with Crippen molar-refractivity contribution in [3.63, 3.8) is 0 Å². The molecule has 1 aliphatic rings. The average Bonchev–Trinajstić information content (AvgIpc) is 3.09. The van der Waals surface area contributed by atoms with Crippen LogP contribution < -0.4 is 4.74 Å². The number of carbonyl (C=O) groups excluding carboxylic acids is 2. The minimum atomic E-state index is -1.07. The fraction of sp³-hybridized carbons (Fsp3) is 0.500. The highest BCUT2D eigenvalue weighted by molar-refractivity contribution is 6.31. The van der Waals surface area contributed by atoms with E-state index in [9.17, 15) is 14.4 Å². The van der Waals surface area contributed by atoms with Crippen molar-refractivity contribution in [2.24, 2.45) is 0 Å². The lowest BCUT2D eigenvalue weighted by molar-refractivity contribution is -0.146. The number of carboxylic acids is 1. The standard InChI is InChI=1S/C18H23ClN2O5/c1-3-8-20(11-16(22)23)18(25)14-5-4-9-21(14)17(24)13-10-12(19)6-7-15(13)26-2/h6-7,10,14H,3-5,8-9,11H2,1-2H3,(H,22,23). The van der Waals surface area contributed by atoms with Gasteiger partial charge in [-0.1, -0.05) is 18.5 Å². The first-order valence-corrected chi connectivity index (χ1v) is 8.92. The number of benzene rings is 1. The van der Waals surface area contributed by atoms with Crippen LogP contribution in [-0.4, -0.2) is 65.5 Å². The van der Waals surface area contributed by atoms with Crippen LogP contribution in [0.25, 0.3) is 0 Å². The number of aliphatic carboxylic acids is 1. The molecular formula is C18H23ClN2O5. The van der Waals surface area contributed by atoms with Crippen molar-refractivity contribution in [1.29, 1.82) is 0 Å². The van der Waals surface area contributed by atoms with Crippen LogP contribution in [0.3, 0.4) is 0 Å². The molecule has 8 heteroatoms. The van der Waals surface area contributed by atoms with Crippen molar-refractivity contribution in [1.82, 2.24) is 9.80 Å². The third-order valence-electron chi connectivity index (χ3n) is 4.32. The SMILES string of the molecule is CCCN(CC(=O)O)C(=O)C1CCCN1C(=O)c1cc(Cl)ccc1OC. The summed E-state index contributed by atoms with van der Waals surface area (Å²) in [6.45, 7) is 2.27. The minimum Gasteiger partial charge on any atom is -0.496 e. The number of carboxylic acid groups (broad SMARTS) is 1. The first-order valence-electron chi connectivity index (χ1n) is 8.54. The minimum absolute atomic E-state index is 0.292. The molecule has 1 aliphatic heterocycles. The molecule has 142 valence electrons. The summed E-state index contributed by atoms with van der Waals surface area (Å²) in [5, 5.41) is 9.45. The summed E-state index contributed by atoms with van der Waals surface area (Å²) in [6, 6.07) is 4.08. The maximum absolute atomic E-state index is 13.0. The number of likely N-dealkylation sites (tertiary alicyclic amines) is 1. The molecule has 0 aliphatic carbocycles. The summed E-state index contributed by atoms with van der Waals surface area (Å²) in [5.41, 5.74) is 0.292. The van der Waals surface area contributed by atoms with Gasteiger partial charge in [-0.05, 0) is 37.5 Å². The number of hydrogen-bond donors (Lipinski definition) is 1. The zero-order valence-electron chi connectivity index (χ0n) is 14.9. The van der Waals surface area contributed by atoms with Crippen LogP contribution in [0.2, 0.25) is 5.02 Å². The summed E-state index contributed by atoms with van der Waals surface area (Å²) in [5.74, 6) is -1.36. The lowest BCUT2D eigenvalue weighted by atomic mass is 10.1. The highest BCUT2D eigenvalue weighted by Crippen LogP contribution is 2.28. The maximum atomic E-state index is 13.0. The molecule has 0 saturated carbocycles. The molecular weight excluding hydrogens is 360 g/mol. The Labute approximate surface area is 157 Å². The molecule has 0 bridgehead atoms. The molecule has 1 saturated heterocycles. The number of methoxy groups -OCH3 is 1. The number of hydrogen-bond acceptors (Lipinski definition) is 4. The van der Waals surface area contributed by atoms with Crippen LogP contribution in [0.1, 0.15) is 36.5 Å². The molecule has 1 atom stereocenters. The fourth-order valence-corrected chi connectivity index (χ4v) is 3.35. The Balaban J connectivity index is 2.26. The van der Waals surface area contributed by atoms with Gasteiger partial charge in [-0.2, -0.15) is 0 Å². The molecule has 7 nitrogen and oxygen atoms in total. The number of ether oxygens (including phenoxy) is 1. The first-order chi connectivity index (χ1) is 12.4. The lowest BCUT2D eigenvalue weighted by Gasteiger charge is -2.29. The monoisotopic (exact) mass is 382 g/mol. The van der Waals surface area contributed by atoms with Crippen molar-refractivity contribution in [3.05, 3.63) is 28.8 Å². The van der Waals surface area contributed by atoms with E-state index in [0.717, 1.165) is 0 Å². The maximum Gasteiger partial charge on any atom is 0.323 e. The van der Waals surface area contributed by atoms with Gasteiger partial charge in [0.25, 0.3) is 5.91 Å². The predicted octanol–water partition coefficient (Wildman–Crippen LogP) is 2.28. The molecule has 1 aromatic rings. The van der Waals surface area contributed by atoms with Crippen molar-refractivity contribution >= 4 is 29.4 Å². The molecule has 1 fully saturated rings. The normalized spacial score (nSPS) is 16.4. The van der Waals surface area contributed by atoms with Gasteiger partial charge in [0.05, 0.1) is 12.7 Å². The summed E-state index contributed by atoms with van der Waals surface area (Å²) >= 11 is 6.01. The largest absolute Gasteiger partial charge is 0.496 e. The highest BCUT2D eigenvalue weighted by Gasteiger charge is 2.38. The van der Waals surface area contributed by atoms with Crippen molar-refractivity contribution < 1.29 is 24.2 Å². The van der Waals surface area contributed by atoms with Crippen molar-refractivity contribution in [2.75, 3.05) is 26.7 Å². The Kier molecular flexibility index (Phi) is 6.85. The number of halogens is 1. The van der Waals surface area contributed by atoms with Crippen LogP contribution in [0.15, 0.2) is 18.2 Å². The summed E-state index contributed by atoms with van der Waals surface area (Å²) in [7, 11) is 1.46. The zero-order valence-corrected chi connectivity index (χ0v) is 15.7. The Morgan fingerprint density at radius 1 is 1.38 bits per heavy atom. The van der Waals surface area contributed by atoms with Crippen LogP contribution in [0.4, 0.5) is 0 Å². The van der Waals surface area contributed by atoms with E-state index in [4.69, 9.17) is 21.4 Å². The van der Waals surface area contributed by atoms with E-state index in [1.807, 2.05) is 6.92 Å². The second kappa shape index (κ2) is 8.89. The van der Waals surface area contributed by atoms with Gasteiger partial charge < -0.3 is 19.6 Å². The van der Waals surface area contributed by atoms with Crippen LogP contribution in [0, 0.1) is 0 Å². The Morgan fingerprint density at radius 3 is 2.73 bits per heavy atom. The predicted molar refractivity (Wildman–Crippen MR) is 96.6 cm³/mol. The van der Waals surface area contributed by atoms with Crippen LogP contribution in [-0.2, 0) is 9.59 Å². The van der Waals surface area contributed by atoms with Gasteiger partial charge >= 0.3 is 5.97 Å². The van der Waals surface area contributed by atoms with Gasteiger partial charge in [-0.3, -0.25) is 14.4 Å². The zero-order chi connectivity index (χ0) is 19.3. The van der Waals surface area contributed by atoms with Gasteiger partial charge in [0.2, 0.25) is 5.91 Å². The van der Waals surface area contributed by atoms with Gasteiger partial charge in [0.1, 0.15) is 18.3 Å². The van der Waals surface area contributed by atoms with E-state index in [2.05, 4.69) is 0 Å². The summed E-state index contributed by atoms with van der Waals surface area (Å²) in [6.07, 6.45) is 1.83. The summed E-state index contributed by atoms with van der Waals surface area (Å²) in [4.78, 5) is 39.7. The van der Waals surface area contributed by atoms with Gasteiger partial charge in [0, 0.05) is 18.1 Å². The molecule has 2 rings (SSSR count). The highest BCUT2D eigenvalue weighted by atomic mass is 35.5. The van der Waals surface area contributed by atoms with E-state index in [0.29, 0.717) is 48.7 Å². The second-order valence-corrected chi connectivity index (χ2v) is 6.59. The molecule has 1 unspecified atom stereocenters.